The molecule has 0 spiro atoms. The molecule has 1 amide bonds. The second-order valence-corrected chi connectivity index (χ2v) is 12.4. The second-order valence-electron chi connectivity index (χ2n) is 12.4. The van der Waals surface area contributed by atoms with Gasteiger partial charge in [0.15, 0.2) is 0 Å². The molecule has 0 bridgehead atoms. The fourth-order valence-electron chi connectivity index (χ4n) is 6.82. The van der Waals surface area contributed by atoms with E-state index in [1.54, 1.807) is 9.58 Å². The Labute approximate surface area is 276 Å². The minimum Gasteiger partial charge on any atom is -0.490 e. The van der Waals surface area contributed by atoms with Gasteiger partial charge in [0.05, 0.1) is 47.8 Å². The number of fused-ring (bicyclic) bond motifs is 3. The predicted octanol–water partition coefficient (Wildman–Crippen LogP) is 6.62. The molecule has 0 fully saturated rings. The Kier molecular flexibility index (Phi) is 7.98. The average molecular weight is 655 g/mol. The quantitative estimate of drug-likeness (QED) is 0.137. The van der Waals surface area contributed by atoms with Gasteiger partial charge >= 0.3 is 0 Å². The molecule has 10 nitrogen and oxygen atoms in total. The lowest BCUT2D eigenvalue weighted by Crippen LogP contribution is -2.42. The van der Waals surface area contributed by atoms with Gasteiger partial charge in [-0.1, -0.05) is 25.6 Å². The lowest BCUT2D eigenvalue weighted by atomic mass is 9.88. The van der Waals surface area contributed by atoms with Gasteiger partial charge in [-0.2, -0.15) is 10.2 Å². The highest BCUT2D eigenvalue weighted by Crippen LogP contribution is 2.52. The van der Waals surface area contributed by atoms with Crippen LogP contribution in [0, 0.1) is 11.6 Å². The highest BCUT2D eigenvalue weighted by molar-refractivity contribution is 5.93. The van der Waals surface area contributed by atoms with Crippen LogP contribution in [0.5, 0.6) is 11.5 Å². The summed E-state index contributed by atoms with van der Waals surface area (Å²) in [4.78, 5) is 19.7. The van der Waals surface area contributed by atoms with Crippen LogP contribution in [0.4, 0.5) is 8.78 Å². The van der Waals surface area contributed by atoms with Crippen LogP contribution in [-0.2, 0) is 16.6 Å². The van der Waals surface area contributed by atoms with E-state index in [-0.39, 0.29) is 48.4 Å². The molecule has 5 heterocycles. The van der Waals surface area contributed by atoms with E-state index in [4.69, 9.17) is 24.3 Å². The zero-order valence-electron chi connectivity index (χ0n) is 27.5. The van der Waals surface area contributed by atoms with Crippen LogP contribution >= 0.6 is 0 Å². The van der Waals surface area contributed by atoms with Crippen LogP contribution in [-0.4, -0.2) is 68.8 Å². The number of rotatable bonds is 8. The van der Waals surface area contributed by atoms with Crippen molar-refractivity contribution in [3.05, 3.63) is 78.1 Å². The monoisotopic (exact) mass is 654 g/mol. The smallest absolute Gasteiger partial charge is 0.246 e. The topological polar surface area (TPSA) is 96.5 Å². The van der Waals surface area contributed by atoms with Crippen molar-refractivity contribution < 1.29 is 27.8 Å². The van der Waals surface area contributed by atoms with Crippen LogP contribution in [0.3, 0.4) is 0 Å². The van der Waals surface area contributed by atoms with Crippen LogP contribution in [0.1, 0.15) is 50.0 Å². The average Bonchev–Trinajstić information content (AvgIpc) is 3.78. The molecule has 0 radical (unpaired) electrons. The number of hydrogen-bond acceptors (Lipinski definition) is 7. The van der Waals surface area contributed by atoms with Crippen LogP contribution in [0.25, 0.3) is 44.7 Å². The highest BCUT2D eigenvalue weighted by atomic mass is 19.1. The molecule has 0 saturated heterocycles. The third-order valence-corrected chi connectivity index (χ3v) is 9.11. The maximum atomic E-state index is 16.2. The summed E-state index contributed by atoms with van der Waals surface area (Å²) in [6.07, 6.45) is 3.25. The van der Waals surface area contributed by atoms with Gasteiger partial charge in [-0.05, 0) is 32.1 Å². The second kappa shape index (κ2) is 12.2. The zero-order valence-corrected chi connectivity index (χ0v) is 27.5. The Balaban J connectivity index is 1.52. The molecule has 2 aliphatic rings. The summed E-state index contributed by atoms with van der Waals surface area (Å²) in [6, 6.07) is 9.33. The predicted molar refractivity (Wildman–Crippen MR) is 177 cm³/mol. The van der Waals surface area contributed by atoms with E-state index < -0.39 is 11.6 Å². The first kappa shape index (κ1) is 31.5. The van der Waals surface area contributed by atoms with Crippen molar-refractivity contribution in [1.82, 2.24) is 29.4 Å². The molecule has 7 rings (SSSR count). The van der Waals surface area contributed by atoms with E-state index in [0.29, 0.717) is 47.1 Å². The summed E-state index contributed by atoms with van der Waals surface area (Å²) < 4.78 is 52.0. The van der Waals surface area contributed by atoms with Crippen molar-refractivity contribution >= 4 is 16.8 Å². The maximum absolute atomic E-state index is 16.2. The summed E-state index contributed by atoms with van der Waals surface area (Å²) in [5, 5.41) is 10.6. The molecule has 5 aromatic rings. The third-order valence-electron chi connectivity index (χ3n) is 9.11. The normalized spacial score (nSPS) is 18.5. The fraction of sp³-hybridized carbons (Fsp3) is 0.333. The Morgan fingerprint density at radius 1 is 1.08 bits per heavy atom. The molecule has 0 aliphatic carbocycles. The van der Waals surface area contributed by atoms with Crippen molar-refractivity contribution in [2.24, 2.45) is 7.05 Å². The summed E-state index contributed by atoms with van der Waals surface area (Å²) in [7, 11) is 3.39. The van der Waals surface area contributed by atoms with Gasteiger partial charge < -0.3 is 19.1 Å². The van der Waals surface area contributed by atoms with E-state index in [0.717, 1.165) is 28.2 Å². The SMILES string of the molecule is C=CC(=O)N1CC(C)n2nc(-c3nc(-c4ccc5cn(C)nc5c4)c4c(c3-c3c(F)cc(F)cc3OCCOC)C(C)CO4)cc2C1C. The molecule has 2 aliphatic heterocycles. The van der Waals surface area contributed by atoms with Gasteiger partial charge in [-0.3, -0.25) is 14.2 Å². The Hall–Kier alpha value is -5.10. The summed E-state index contributed by atoms with van der Waals surface area (Å²) in [5.74, 6) is -1.40. The Bertz CT molecular complexity index is 2090. The molecule has 12 heteroatoms. The Morgan fingerprint density at radius 3 is 2.67 bits per heavy atom. The summed E-state index contributed by atoms with van der Waals surface area (Å²) in [5.41, 5.74) is 4.95. The number of halogens is 2. The number of carbonyl (C=O) groups excluding carboxylic acids is 1. The third kappa shape index (κ3) is 5.20. The van der Waals surface area contributed by atoms with Crippen molar-refractivity contribution in [2.45, 2.75) is 38.8 Å². The van der Waals surface area contributed by atoms with E-state index in [1.807, 2.05) is 63.0 Å². The number of methoxy groups -OCH3 is 1. The van der Waals surface area contributed by atoms with E-state index in [9.17, 15) is 9.18 Å². The number of aromatic nitrogens is 5. The van der Waals surface area contributed by atoms with Gasteiger partial charge in [0.25, 0.3) is 0 Å². The summed E-state index contributed by atoms with van der Waals surface area (Å²) in [6.45, 7) is 10.7. The van der Waals surface area contributed by atoms with Gasteiger partial charge in [-0.15, -0.1) is 0 Å². The van der Waals surface area contributed by atoms with E-state index >= 15 is 4.39 Å². The van der Waals surface area contributed by atoms with Crippen LogP contribution in [0.2, 0.25) is 0 Å². The van der Waals surface area contributed by atoms with Crippen LogP contribution < -0.4 is 9.47 Å². The number of benzene rings is 2. The first-order valence-corrected chi connectivity index (χ1v) is 15.9. The van der Waals surface area contributed by atoms with Crippen molar-refractivity contribution in [2.75, 3.05) is 33.5 Å². The molecule has 0 saturated carbocycles. The number of carbonyl (C=O) groups is 1. The lowest BCUT2D eigenvalue weighted by Gasteiger charge is -2.36. The molecule has 0 N–H and O–H groups in total. The van der Waals surface area contributed by atoms with Crippen LogP contribution in [0.15, 0.2) is 55.3 Å². The van der Waals surface area contributed by atoms with Gasteiger partial charge in [-0.25, -0.2) is 13.8 Å². The molecular weight excluding hydrogens is 618 g/mol. The van der Waals surface area contributed by atoms with Gasteiger partial charge in [0.1, 0.15) is 41.1 Å². The molecule has 3 aromatic heterocycles. The number of nitrogens with zero attached hydrogens (tertiary/aromatic N) is 6. The molecule has 3 unspecified atom stereocenters. The minimum atomic E-state index is -0.803. The lowest BCUT2D eigenvalue weighted by molar-refractivity contribution is -0.129. The Morgan fingerprint density at radius 2 is 1.90 bits per heavy atom. The van der Waals surface area contributed by atoms with Crippen molar-refractivity contribution in [3.8, 4) is 45.3 Å². The first-order chi connectivity index (χ1) is 23.1. The number of aryl methyl sites for hydroxylation is 1. The number of amides is 1. The van der Waals surface area contributed by atoms with Crippen molar-refractivity contribution in [3.63, 3.8) is 0 Å². The summed E-state index contributed by atoms with van der Waals surface area (Å²) >= 11 is 0. The minimum absolute atomic E-state index is 0.0185. The molecule has 248 valence electrons. The van der Waals surface area contributed by atoms with Gasteiger partial charge in [0.2, 0.25) is 5.91 Å². The molecular formula is C36H36F2N6O4. The standard InChI is InChI=1S/C36H36F2N6O4/c1-7-30(45)43-16-20(3)44-28(21(43)4)15-27(41-44)35-33(32-25(38)13-24(37)14-29(32)47-11-10-46-6)31-19(2)18-48-36(31)34(39-35)22-8-9-23-17-42(5)40-26(23)12-22/h7-9,12-15,17,19-21H,1,10-11,16,18H2,2-6H3. The van der Waals surface area contributed by atoms with E-state index in [2.05, 4.69) is 11.7 Å². The zero-order chi connectivity index (χ0) is 33.9. The largest absolute Gasteiger partial charge is 0.490 e. The molecule has 2 aromatic carbocycles. The van der Waals surface area contributed by atoms with Crippen molar-refractivity contribution in [1.29, 1.82) is 0 Å². The molecule has 3 atom stereocenters. The number of ether oxygens (including phenoxy) is 3. The highest BCUT2D eigenvalue weighted by Gasteiger charge is 2.37. The maximum Gasteiger partial charge on any atom is 0.246 e. The molecule has 48 heavy (non-hydrogen) atoms. The fourth-order valence-corrected chi connectivity index (χ4v) is 6.82. The number of hydrogen-bond donors (Lipinski definition) is 0. The van der Waals surface area contributed by atoms with E-state index in [1.165, 1.54) is 19.3 Å². The van der Waals surface area contributed by atoms with Gasteiger partial charge in [0, 0.05) is 67.0 Å². The first-order valence-electron chi connectivity index (χ1n) is 15.9. The number of pyridine rings is 1.